The Kier molecular flexibility index (Phi) is 0.803. The highest BCUT2D eigenvalue weighted by Gasteiger charge is 1.92. The van der Waals surface area contributed by atoms with E-state index in [-0.39, 0.29) is 0 Å². The molecule has 0 aliphatic carbocycles. The van der Waals surface area contributed by atoms with Gasteiger partial charge in [-0.1, -0.05) is 0 Å². The predicted molar refractivity (Wildman–Crippen MR) is 32.8 cm³/mol. The fraction of sp³-hybridized carbons (Fsp3) is 0. The second kappa shape index (κ2) is 1.58. The van der Waals surface area contributed by atoms with Crippen LogP contribution in [0.4, 0.5) is 0 Å². The second-order valence-corrected chi connectivity index (χ2v) is 1.76. The molecule has 2 rings (SSSR count). The van der Waals surface area contributed by atoms with E-state index in [0.717, 1.165) is 5.39 Å². The molecular formula is C7H4NO. The largest absolute Gasteiger partial charge is 0.434 e. The van der Waals surface area contributed by atoms with Gasteiger partial charge in [-0.25, -0.2) is 4.98 Å². The summed E-state index contributed by atoms with van der Waals surface area (Å²) >= 11 is 0. The molecule has 0 fully saturated rings. The lowest BCUT2D eigenvalue weighted by molar-refractivity contribution is 0.594. The van der Waals surface area contributed by atoms with Crippen molar-refractivity contribution >= 4 is 11.1 Å². The summed E-state index contributed by atoms with van der Waals surface area (Å²) in [7, 11) is 0. The number of fused-ring (bicyclic) bond motifs is 1. The molecular weight excluding hydrogens is 114 g/mol. The van der Waals surface area contributed by atoms with E-state index in [1.807, 2.05) is 12.1 Å². The molecule has 0 aromatic carbocycles. The molecule has 0 spiro atoms. The van der Waals surface area contributed by atoms with Gasteiger partial charge in [0.25, 0.3) is 0 Å². The van der Waals surface area contributed by atoms with E-state index in [1.165, 1.54) is 0 Å². The standard InChI is InChI=1S/C7H4NO/c1-2-6-3-5-9-7(6)8-4-1/h1-4H. The highest BCUT2D eigenvalue weighted by atomic mass is 16.3. The van der Waals surface area contributed by atoms with Crippen molar-refractivity contribution in [1.82, 2.24) is 4.98 Å². The SMILES string of the molecule is [c]1cc2cccnc2o1. The summed E-state index contributed by atoms with van der Waals surface area (Å²) in [5.41, 5.74) is 0.650. The van der Waals surface area contributed by atoms with E-state index >= 15 is 0 Å². The Bertz CT molecular complexity index is 283. The molecule has 2 heteroatoms. The normalized spacial score (nSPS) is 10.2. The Morgan fingerprint density at radius 3 is 3.44 bits per heavy atom. The molecule has 2 nitrogen and oxygen atoms in total. The minimum absolute atomic E-state index is 0.650. The fourth-order valence-electron chi connectivity index (χ4n) is 0.747. The lowest BCUT2D eigenvalue weighted by atomic mass is 10.4. The highest BCUT2D eigenvalue weighted by Crippen LogP contribution is 2.08. The number of hydrogen-bond donors (Lipinski definition) is 0. The van der Waals surface area contributed by atoms with Gasteiger partial charge in [0.05, 0.1) is 0 Å². The first kappa shape index (κ1) is 4.56. The average molecular weight is 118 g/mol. The van der Waals surface area contributed by atoms with E-state index in [9.17, 15) is 0 Å². The Hall–Kier alpha value is -1.31. The van der Waals surface area contributed by atoms with Gasteiger partial charge in [0.15, 0.2) is 6.26 Å². The zero-order valence-electron chi connectivity index (χ0n) is 4.66. The van der Waals surface area contributed by atoms with E-state index in [1.54, 1.807) is 12.3 Å². The van der Waals surface area contributed by atoms with Crippen LogP contribution in [0.25, 0.3) is 11.1 Å². The summed E-state index contributed by atoms with van der Waals surface area (Å²) < 4.78 is 4.88. The zero-order valence-corrected chi connectivity index (χ0v) is 4.66. The maximum atomic E-state index is 4.88. The minimum Gasteiger partial charge on any atom is -0.434 e. The Labute approximate surface area is 52.1 Å². The van der Waals surface area contributed by atoms with Gasteiger partial charge in [-0.15, -0.1) is 0 Å². The van der Waals surface area contributed by atoms with Crippen LogP contribution in [0.1, 0.15) is 0 Å². The molecule has 0 aliphatic heterocycles. The zero-order chi connectivity index (χ0) is 6.10. The molecule has 2 aromatic rings. The third kappa shape index (κ3) is 0.598. The van der Waals surface area contributed by atoms with Crippen LogP contribution < -0.4 is 0 Å². The van der Waals surface area contributed by atoms with Gasteiger partial charge in [-0.2, -0.15) is 0 Å². The lowest BCUT2D eigenvalue weighted by Gasteiger charge is -1.80. The first-order chi connectivity index (χ1) is 4.47. The van der Waals surface area contributed by atoms with Gasteiger partial charge in [0, 0.05) is 11.6 Å². The molecule has 0 amide bonds. The van der Waals surface area contributed by atoms with Crippen molar-refractivity contribution in [2.24, 2.45) is 0 Å². The summed E-state index contributed by atoms with van der Waals surface area (Å²) in [6, 6.07) is 5.57. The van der Waals surface area contributed by atoms with Crippen molar-refractivity contribution in [3.05, 3.63) is 30.7 Å². The monoisotopic (exact) mass is 118 g/mol. The van der Waals surface area contributed by atoms with Crippen LogP contribution in [0.15, 0.2) is 28.8 Å². The van der Waals surface area contributed by atoms with Gasteiger partial charge in [0.2, 0.25) is 5.71 Å². The number of furan rings is 1. The second-order valence-electron chi connectivity index (χ2n) is 1.76. The molecule has 9 heavy (non-hydrogen) atoms. The third-order valence-electron chi connectivity index (χ3n) is 1.17. The summed E-state index contributed by atoms with van der Waals surface area (Å²) in [5.74, 6) is 0. The van der Waals surface area contributed by atoms with Crippen LogP contribution in [0.2, 0.25) is 0 Å². The number of pyridine rings is 1. The molecule has 2 heterocycles. The summed E-state index contributed by atoms with van der Waals surface area (Å²) in [6.07, 6.45) is 4.29. The molecule has 43 valence electrons. The van der Waals surface area contributed by atoms with Gasteiger partial charge in [-0.05, 0) is 18.2 Å². The summed E-state index contributed by atoms with van der Waals surface area (Å²) in [6.45, 7) is 0. The topological polar surface area (TPSA) is 26.0 Å². The van der Waals surface area contributed by atoms with Crippen molar-refractivity contribution in [2.75, 3.05) is 0 Å². The van der Waals surface area contributed by atoms with Gasteiger partial charge < -0.3 is 4.42 Å². The molecule has 0 N–H and O–H groups in total. The average Bonchev–Trinajstić information content (AvgIpc) is 2.33. The molecule has 2 aromatic heterocycles. The first-order valence-corrected chi connectivity index (χ1v) is 2.67. The van der Waals surface area contributed by atoms with Crippen molar-refractivity contribution in [3.63, 3.8) is 0 Å². The van der Waals surface area contributed by atoms with E-state index in [2.05, 4.69) is 11.2 Å². The molecule has 0 atom stereocenters. The summed E-state index contributed by atoms with van der Waals surface area (Å²) in [5, 5.41) is 0.998. The molecule has 0 aliphatic rings. The van der Waals surface area contributed by atoms with Gasteiger partial charge in [-0.3, -0.25) is 0 Å². The van der Waals surface area contributed by atoms with Crippen LogP contribution >= 0.6 is 0 Å². The van der Waals surface area contributed by atoms with Crippen LogP contribution in [0, 0.1) is 6.26 Å². The van der Waals surface area contributed by atoms with Crippen molar-refractivity contribution in [2.45, 2.75) is 0 Å². The molecule has 1 radical (unpaired) electrons. The van der Waals surface area contributed by atoms with Crippen molar-refractivity contribution in [3.8, 4) is 0 Å². The summed E-state index contributed by atoms with van der Waals surface area (Å²) in [4.78, 5) is 3.94. The maximum Gasteiger partial charge on any atom is 0.226 e. The quantitative estimate of drug-likeness (QED) is 0.525. The molecule has 0 bridgehead atoms. The molecule has 0 saturated heterocycles. The third-order valence-corrected chi connectivity index (χ3v) is 1.17. The number of hydrogen-bond acceptors (Lipinski definition) is 2. The smallest absolute Gasteiger partial charge is 0.226 e. The van der Waals surface area contributed by atoms with Crippen LogP contribution in [-0.2, 0) is 0 Å². The Morgan fingerprint density at radius 1 is 1.56 bits per heavy atom. The first-order valence-electron chi connectivity index (χ1n) is 2.67. The van der Waals surface area contributed by atoms with Crippen molar-refractivity contribution in [1.29, 1.82) is 0 Å². The van der Waals surface area contributed by atoms with Crippen LogP contribution in [0.5, 0.6) is 0 Å². The van der Waals surface area contributed by atoms with Crippen molar-refractivity contribution < 1.29 is 4.42 Å². The minimum atomic E-state index is 0.650. The maximum absolute atomic E-state index is 4.88. The number of aromatic nitrogens is 1. The van der Waals surface area contributed by atoms with Crippen LogP contribution in [-0.4, -0.2) is 4.98 Å². The number of nitrogens with zero attached hydrogens (tertiary/aromatic N) is 1. The van der Waals surface area contributed by atoms with Crippen LogP contribution in [0.3, 0.4) is 0 Å². The Morgan fingerprint density at radius 2 is 2.56 bits per heavy atom. The van der Waals surface area contributed by atoms with E-state index in [0.29, 0.717) is 5.71 Å². The van der Waals surface area contributed by atoms with E-state index in [4.69, 9.17) is 4.42 Å². The van der Waals surface area contributed by atoms with E-state index < -0.39 is 0 Å². The van der Waals surface area contributed by atoms with Gasteiger partial charge in [0.1, 0.15) is 0 Å². The lowest BCUT2D eigenvalue weighted by Crippen LogP contribution is -1.66. The predicted octanol–water partition coefficient (Wildman–Crippen LogP) is 1.63. The number of rotatable bonds is 0. The molecule has 0 unspecified atom stereocenters. The molecule has 0 saturated carbocycles. The van der Waals surface area contributed by atoms with Gasteiger partial charge >= 0.3 is 0 Å². The fourth-order valence-corrected chi connectivity index (χ4v) is 0.747. The highest BCUT2D eigenvalue weighted by molar-refractivity contribution is 5.71. The Balaban J connectivity index is 2.95.